The highest BCUT2D eigenvalue weighted by molar-refractivity contribution is 5.03. The first-order valence-corrected chi connectivity index (χ1v) is 6.19. The predicted molar refractivity (Wildman–Crippen MR) is 69.5 cm³/mol. The van der Waals surface area contributed by atoms with Gasteiger partial charge in [0.15, 0.2) is 0 Å². The molecule has 1 rings (SSSR count). The van der Waals surface area contributed by atoms with Crippen molar-refractivity contribution in [2.24, 2.45) is 18.4 Å². The molecule has 4 nitrogen and oxygen atoms in total. The minimum atomic E-state index is -0.288. The van der Waals surface area contributed by atoms with Crippen molar-refractivity contribution in [2.45, 2.75) is 40.3 Å². The summed E-state index contributed by atoms with van der Waals surface area (Å²) >= 11 is 0. The van der Waals surface area contributed by atoms with Gasteiger partial charge in [0.2, 0.25) is 0 Å². The number of rotatable bonds is 6. The third-order valence-corrected chi connectivity index (χ3v) is 3.10. The molecule has 0 aliphatic carbocycles. The van der Waals surface area contributed by atoms with E-state index in [-0.39, 0.29) is 17.4 Å². The smallest absolute Gasteiger partial charge is 0.0626 e. The summed E-state index contributed by atoms with van der Waals surface area (Å²) in [6.45, 7) is 9.87. The molecule has 98 valence electrons. The van der Waals surface area contributed by atoms with E-state index in [4.69, 9.17) is 0 Å². The summed E-state index contributed by atoms with van der Waals surface area (Å²) in [5, 5.41) is 17.6. The highest BCUT2D eigenvalue weighted by atomic mass is 16.3. The molecule has 1 heterocycles. The Kier molecular flexibility index (Phi) is 4.71. The van der Waals surface area contributed by atoms with Crippen LogP contribution in [0.5, 0.6) is 0 Å². The Morgan fingerprint density at radius 1 is 1.47 bits per heavy atom. The summed E-state index contributed by atoms with van der Waals surface area (Å²) in [7, 11) is 1.91. The van der Waals surface area contributed by atoms with Crippen LogP contribution in [0.3, 0.4) is 0 Å². The van der Waals surface area contributed by atoms with Gasteiger partial charge in [-0.15, -0.1) is 0 Å². The Bertz CT molecular complexity index is 344. The number of hydrogen-bond donors (Lipinski definition) is 2. The van der Waals surface area contributed by atoms with Crippen LogP contribution >= 0.6 is 0 Å². The first-order valence-electron chi connectivity index (χ1n) is 6.19. The van der Waals surface area contributed by atoms with E-state index in [0.29, 0.717) is 0 Å². The molecule has 0 spiro atoms. The molecule has 0 saturated heterocycles. The lowest BCUT2D eigenvalue weighted by Crippen LogP contribution is -2.41. The summed E-state index contributed by atoms with van der Waals surface area (Å²) in [4.78, 5) is 0. The molecule has 0 bridgehead atoms. The van der Waals surface area contributed by atoms with Gasteiger partial charge in [-0.1, -0.05) is 27.7 Å². The van der Waals surface area contributed by atoms with Gasteiger partial charge >= 0.3 is 0 Å². The zero-order chi connectivity index (χ0) is 13.1. The third kappa shape index (κ3) is 4.13. The second-order valence-corrected chi connectivity index (χ2v) is 5.80. The first-order chi connectivity index (χ1) is 7.83. The number of hydrogen-bond acceptors (Lipinski definition) is 3. The number of aryl methyl sites for hydroxylation is 1. The number of nitrogens with one attached hydrogen (secondary N) is 1. The van der Waals surface area contributed by atoms with Crippen molar-refractivity contribution in [1.29, 1.82) is 0 Å². The van der Waals surface area contributed by atoms with Crippen LogP contribution in [-0.4, -0.2) is 27.5 Å². The maximum Gasteiger partial charge on any atom is 0.0626 e. The lowest BCUT2D eigenvalue weighted by Gasteiger charge is -2.33. The third-order valence-electron chi connectivity index (χ3n) is 3.10. The zero-order valence-electron chi connectivity index (χ0n) is 11.6. The molecule has 0 amide bonds. The van der Waals surface area contributed by atoms with Crippen LogP contribution in [0.4, 0.5) is 0 Å². The second kappa shape index (κ2) is 5.65. The minimum Gasteiger partial charge on any atom is -0.392 e. The van der Waals surface area contributed by atoms with E-state index in [0.717, 1.165) is 13.1 Å². The van der Waals surface area contributed by atoms with E-state index < -0.39 is 0 Å². The van der Waals surface area contributed by atoms with Crippen molar-refractivity contribution in [1.82, 2.24) is 15.1 Å². The molecule has 0 radical (unpaired) electrons. The highest BCUT2D eigenvalue weighted by Gasteiger charge is 2.29. The van der Waals surface area contributed by atoms with Crippen LogP contribution in [-0.2, 0) is 13.6 Å². The lowest BCUT2D eigenvalue weighted by molar-refractivity contribution is 0.0134. The molecule has 17 heavy (non-hydrogen) atoms. The summed E-state index contributed by atoms with van der Waals surface area (Å²) in [6.07, 6.45) is 3.57. The SMILES string of the molecule is CC(C)C(O)C(C)(C)CNCc1cnn(C)c1. The van der Waals surface area contributed by atoms with Gasteiger partial charge < -0.3 is 10.4 Å². The molecule has 1 aromatic heterocycles. The molecular formula is C13H25N3O. The number of aliphatic hydroxyl groups excluding tert-OH is 1. The quantitative estimate of drug-likeness (QED) is 0.792. The molecular weight excluding hydrogens is 214 g/mol. The standard InChI is InChI=1S/C13H25N3O/c1-10(2)12(17)13(3,4)9-14-6-11-7-15-16(5)8-11/h7-8,10,12,14,17H,6,9H2,1-5H3. The van der Waals surface area contributed by atoms with Crippen molar-refractivity contribution >= 4 is 0 Å². The van der Waals surface area contributed by atoms with E-state index in [1.54, 1.807) is 4.68 Å². The average molecular weight is 239 g/mol. The topological polar surface area (TPSA) is 50.1 Å². The van der Waals surface area contributed by atoms with Crippen LogP contribution in [0.15, 0.2) is 12.4 Å². The van der Waals surface area contributed by atoms with Crippen LogP contribution in [0.1, 0.15) is 33.3 Å². The van der Waals surface area contributed by atoms with E-state index in [1.165, 1.54) is 5.56 Å². The molecule has 0 aromatic carbocycles. The summed E-state index contributed by atoms with van der Waals surface area (Å²) < 4.78 is 1.80. The van der Waals surface area contributed by atoms with Gasteiger partial charge in [-0.3, -0.25) is 4.68 Å². The number of aromatic nitrogens is 2. The van der Waals surface area contributed by atoms with Gasteiger partial charge in [-0.25, -0.2) is 0 Å². The van der Waals surface area contributed by atoms with E-state index in [1.807, 2.05) is 33.3 Å². The van der Waals surface area contributed by atoms with Gasteiger partial charge in [0.25, 0.3) is 0 Å². The Hall–Kier alpha value is -0.870. The Morgan fingerprint density at radius 3 is 2.59 bits per heavy atom. The largest absolute Gasteiger partial charge is 0.392 e. The first kappa shape index (κ1) is 14.2. The minimum absolute atomic E-state index is 0.115. The maximum atomic E-state index is 10.1. The van der Waals surface area contributed by atoms with Gasteiger partial charge in [-0.05, 0) is 5.92 Å². The van der Waals surface area contributed by atoms with Crippen molar-refractivity contribution in [3.8, 4) is 0 Å². The average Bonchev–Trinajstić information content (AvgIpc) is 2.62. The Morgan fingerprint density at radius 2 is 2.12 bits per heavy atom. The predicted octanol–water partition coefficient (Wildman–Crippen LogP) is 1.55. The van der Waals surface area contributed by atoms with Crippen LogP contribution < -0.4 is 5.32 Å². The lowest BCUT2D eigenvalue weighted by atomic mass is 9.81. The van der Waals surface area contributed by atoms with E-state index in [9.17, 15) is 5.11 Å². The molecule has 0 saturated carbocycles. The summed E-state index contributed by atoms with van der Waals surface area (Å²) in [5.41, 5.74) is 1.05. The van der Waals surface area contributed by atoms with Gasteiger partial charge in [0, 0.05) is 37.3 Å². The summed E-state index contributed by atoms with van der Waals surface area (Å²) in [6, 6.07) is 0. The highest BCUT2D eigenvalue weighted by Crippen LogP contribution is 2.25. The molecule has 0 fully saturated rings. The number of nitrogens with zero attached hydrogens (tertiary/aromatic N) is 2. The normalized spacial score (nSPS) is 14.3. The monoisotopic (exact) mass is 239 g/mol. The number of aliphatic hydroxyl groups is 1. The van der Waals surface area contributed by atoms with Crippen molar-refractivity contribution in [3.63, 3.8) is 0 Å². The van der Waals surface area contributed by atoms with Crippen LogP contribution in [0, 0.1) is 11.3 Å². The fourth-order valence-corrected chi connectivity index (χ4v) is 2.10. The van der Waals surface area contributed by atoms with E-state index >= 15 is 0 Å². The van der Waals surface area contributed by atoms with Crippen LogP contribution in [0.25, 0.3) is 0 Å². The Balaban J connectivity index is 2.39. The molecule has 4 heteroatoms. The Labute approximate surface area is 104 Å². The molecule has 2 N–H and O–H groups in total. The fourth-order valence-electron chi connectivity index (χ4n) is 2.10. The van der Waals surface area contributed by atoms with Crippen molar-refractivity contribution < 1.29 is 5.11 Å². The van der Waals surface area contributed by atoms with E-state index in [2.05, 4.69) is 24.3 Å². The van der Waals surface area contributed by atoms with Crippen molar-refractivity contribution in [2.75, 3.05) is 6.54 Å². The molecule has 1 aromatic rings. The second-order valence-electron chi connectivity index (χ2n) is 5.80. The fraction of sp³-hybridized carbons (Fsp3) is 0.769. The molecule has 1 unspecified atom stereocenters. The van der Waals surface area contributed by atoms with Gasteiger partial charge in [-0.2, -0.15) is 5.10 Å². The van der Waals surface area contributed by atoms with Crippen molar-refractivity contribution in [3.05, 3.63) is 18.0 Å². The zero-order valence-corrected chi connectivity index (χ0v) is 11.6. The van der Waals surface area contributed by atoms with Gasteiger partial charge in [0.05, 0.1) is 12.3 Å². The van der Waals surface area contributed by atoms with Crippen LogP contribution in [0.2, 0.25) is 0 Å². The molecule has 1 atom stereocenters. The van der Waals surface area contributed by atoms with Gasteiger partial charge in [0.1, 0.15) is 0 Å². The summed E-state index contributed by atoms with van der Waals surface area (Å²) in [5.74, 6) is 0.283. The maximum absolute atomic E-state index is 10.1. The molecule has 0 aliphatic heterocycles. The molecule has 0 aliphatic rings.